The lowest BCUT2D eigenvalue weighted by Gasteiger charge is -2.31. The third-order valence-electron chi connectivity index (χ3n) is 5.14. The summed E-state index contributed by atoms with van der Waals surface area (Å²) in [5, 5.41) is 5.20. The fourth-order valence-corrected chi connectivity index (χ4v) is 4.80. The molecule has 1 aromatic heterocycles. The SMILES string of the molecule is CCSc1n[n+]2c(c(=O)[nH]1)-c1cc(Br)ccc1N(C(C)=O)[C@@H]2c1ccc(OC)c(OC)c1. The Morgan fingerprint density at radius 3 is 2.62 bits per heavy atom. The number of ether oxygens (including phenoxy) is 2. The Hall–Kier alpha value is -2.85. The molecule has 1 N–H and O–H groups in total. The minimum absolute atomic E-state index is 0.182. The van der Waals surface area contributed by atoms with E-state index >= 15 is 0 Å². The van der Waals surface area contributed by atoms with Gasteiger partial charge in [-0.3, -0.25) is 14.6 Å². The molecular formula is C22H22BrN4O4S+. The van der Waals surface area contributed by atoms with Crippen molar-refractivity contribution in [1.29, 1.82) is 0 Å². The molecule has 0 spiro atoms. The Balaban J connectivity index is 2.06. The fourth-order valence-electron chi connectivity index (χ4n) is 3.85. The molecule has 2 heterocycles. The second kappa shape index (κ2) is 8.95. The van der Waals surface area contributed by atoms with Crippen LogP contribution in [0.25, 0.3) is 11.3 Å². The number of hydrogen-bond donors (Lipinski definition) is 1. The molecule has 1 aliphatic rings. The number of methoxy groups -OCH3 is 2. The van der Waals surface area contributed by atoms with Crippen molar-refractivity contribution in [3.05, 3.63) is 56.8 Å². The molecule has 1 aliphatic heterocycles. The topological polar surface area (TPSA) is 88.4 Å². The standard InChI is InChI=1S/C22H21BrN4O4S/c1-5-32-22-24-20(29)19-15-11-14(23)7-8-16(15)26(12(2)28)21(27(19)25-22)13-6-9-17(30-3)18(10-13)31-4/h6-11,21H,5H2,1-4H3/p+1/t21-/m0/s1. The van der Waals surface area contributed by atoms with Gasteiger partial charge in [0.25, 0.3) is 6.17 Å². The highest BCUT2D eigenvalue weighted by Gasteiger charge is 2.45. The number of carbonyl (C=O) groups is 1. The molecule has 0 radical (unpaired) electrons. The molecule has 0 fully saturated rings. The molecule has 2 aromatic carbocycles. The highest BCUT2D eigenvalue weighted by atomic mass is 79.9. The molecule has 0 saturated carbocycles. The lowest BCUT2D eigenvalue weighted by atomic mass is 10.0. The number of benzene rings is 2. The predicted molar refractivity (Wildman–Crippen MR) is 125 cm³/mol. The van der Waals surface area contributed by atoms with E-state index in [0.29, 0.717) is 33.6 Å². The van der Waals surface area contributed by atoms with Crippen LogP contribution in [-0.2, 0) is 4.79 Å². The molecule has 1 atom stereocenters. The van der Waals surface area contributed by atoms with Gasteiger partial charge in [0.15, 0.2) is 11.5 Å². The maximum Gasteiger partial charge on any atom is 0.325 e. The minimum Gasteiger partial charge on any atom is -0.493 e. The van der Waals surface area contributed by atoms with Crippen molar-refractivity contribution >= 4 is 39.3 Å². The van der Waals surface area contributed by atoms with E-state index < -0.39 is 6.17 Å². The van der Waals surface area contributed by atoms with Crippen molar-refractivity contribution in [2.75, 3.05) is 24.9 Å². The van der Waals surface area contributed by atoms with Gasteiger partial charge in [0, 0.05) is 22.1 Å². The second-order valence-electron chi connectivity index (χ2n) is 7.02. The summed E-state index contributed by atoms with van der Waals surface area (Å²) in [7, 11) is 3.12. The number of nitrogens with one attached hydrogen (secondary N) is 1. The summed E-state index contributed by atoms with van der Waals surface area (Å²) in [6.07, 6.45) is -0.686. The highest BCUT2D eigenvalue weighted by molar-refractivity contribution is 9.10. The number of hydrogen-bond acceptors (Lipinski definition) is 6. The number of carbonyl (C=O) groups excluding carboxylic acids is 1. The molecule has 10 heteroatoms. The van der Waals surface area contributed by atoms with E-state index in [1.807, 2.05) is 31.2 Å². The molecule has 0 bridgehead atoms. The first-order valence-corrected chi connectivity index (χ1v) is 11.7. The lowest BCUT2D eigenvalue weighted by Crippen LogP contribution is -2.60. The first kappa shape index (κ1) is 22.3. The Bertz CT molecular complexity index is 1260. The fraction of sp³-hybridized carbons (Fsp3) is 0.273. The van der Waals surface area contributed by atoms with Crippen LogP contribution >= 0.6 is 27.7 Å². The molecule has 1 amide bonds. The number of rotatable bonds is 5. The van der Waals surface area contributed by atoms with Crippen LogP contribution in [0, 0.1) is 0 Å². The first-order valence-electron chi connectivity index (χ1n) is 9.90. The predicted octanol–water partition coefficient (Wildman–Crippen LogP) is 3.53. The molecule has 166 valence electrons. The monoisotopic (exact) mass is 517 g/mol. The highest BCUT2D eigenvalue weighted by Crippen LogP contribution is 2.40. The van der Waals surface area contributed by atoms with Crippen LogP contribution in [0.5, 0.6) is 11.5 Å². The Morgan fingerprint density at radius 1 is 1.22 bits per heavy atom. The summed E-state index contributed by atoms with van der Waals surface area (Å²) in [6.45, 7) is 3.48. The third-order valence-corrected chi connectivity index (χ3v) is 6.38. The number of aromatic amines is 1. The molecule has 4 rings (SSSR count). The largest absolute Gasteiger partial charge is 0.493 e. The van der Waals surface area contributed by atoms with E-state index in [1.54, 1.807) is 35.9 Å². The second-order valence-corrected chi connectivity index (χ2v) is 9.19. The number of nitrogens with zero attached hydrogens (tertiary/aromatic N) is 3. The van der Waals surface area contributed by atoms with E-state index in [-0.39, 0.29) is 11.5 Å². The van der Waals surface area contributed by atoms with Gasteiger partial charge in [-0.15, -0.1) is 0 Å². The van der Waals surface area contributed by atoms with Crippen molar-refractivity contribution in [3.63, 3.8) is 0 Å². The molecule has 3 aromatic rings. The summed E-state index contributed by atoms with van der Waals surface area (Å²) < 4.78 is 13.3. The Labute approximate surface area is 197 Å². The van der Waals surface area contributed by atoms with Gasteiger partial charge >= 0.3 is 11.3 Å². The number of aromatic nitrogens is 3. The summed E-state index contributed by atoms with van der Waals surface area (Å²) in [5.41, 5.74) is 2.07. The normalized spacial score (nSPS) is 14.5. The van der Waals surface area contributed by atoms with Gasteiger partial charge in [0.2, 0.25) is 11.1 Å². The maximum absolute atomic E-state index is 13.2. The van der Waals surface area contributed by atoms with Crippen molar-refractivity contribution in [2.24, 2.45) is 0 Å². The van der Waals surface area contributed by atoms with Crippen molar-refractivity contribution < 1.29 is 19.0 Å². The summed E-state index contributed by atoms with van der Waals surface area (Å²) in [6, 6.07) is 10.9. The van der Waals surface area contributed by atoms with Gasteiger partial charge in [-0.25, -0.2) is 4.90 Å². The number of fused-ring (bicyclic) bond motifs is 3. The smallest absolute Gasteiger partial charge is 0.325 e. The van der Waals surface area contributed by atoms with Crippen molar-refractivity contribution in [1.82, 2.24) is 10.1 Å². The lowest BCUT2D eigenvalue weighted by molar-refractivity contribution is -0.763. The molecule has 0 saturated heterocycles. The Kier molecular flexibility index (Phi) is 6.25. The Morgan fingerprint density at radius 2 is 1.97 bits per heavy atom. The van der Waals surface area contributed by atoms with Crippen molar-refractivity contribution in [3.8, 4) is 22.8 Å². The number of H-pyrrole nitrogens is 1. The van der Waals surface area contributed by atoms with E-state index in [9.17, 15) is 9.59 Å². The van der Waals surface area contributed by atoms with E-state index in [0.717, 1.165) is 15.8 Å². The van der Waals surface area contributed by atoms with Gasteiger partial charge in [-0.1, -0.05) is 34.6 Å². The zero-order chi connectivity index (χ0) is 23.0. The van der Waals surface area contributed by atoms with E-state index in [2.05, 4.69) is 20.9 Å². The molecule has 32 heavy (non-hydrogen) atoms. The number of thioether (sulfide) groups is 1. The average Bonchev–Trinajstić information content (AvgIpc) is 2.77. The van der Waals surface area contributed by atoms with Gasteiger partial charge < -0.3 is 9.47 Å². The zero-order valence-corrected chi connectivity index (χ0v) is 20.4. The third kappa shape index (κ3) is 3.77. The van der Waals surface area contributed by atoms with Gasteiger partial charge in [0.05, 0.1) is 25.5 Å². The van der Waals surface area contributed by atoms with Crippen LogP contribution in [0.15, 0.2) is 50.8 Å². The van der Waals surface area contributed by atoms with Crippen LogP contribution in [0.2, 0.25) is 0 Å². The minimum atomic E-state index is -0.686. The van der Waals surface area contributed by atoms with Gasteiger partial charge in [0.1, 0.15) is 0 Å². The summed E-state index contributed by atoms with van der Waals surface area (Å²) in [5.74, 6) is 1.64. The first-order chi connectivity index (χ1) is 15.4. The number of amides is 1. The quantitative estimate of drug-likeness (QED) is 0.411. The van der Waals surface area contributed by atoms with Crippen LogP contribution in [0.1, 0.15) is 25.6 Å². The van der Waals surface area contributed by atoms with Crippen LogP contribution in [0.3, 0.4) is 0 Å². The van der Waals surface area contributed by atoms with Gasteiger partial charge in [-0.05, 0) is 46.8 Å². The van der Waals surface area contributed by atoms with Crippen LogP contribution in [-0.4, -0.2) is 36.0 Å². The molecule has 0 unspecified atom stereocenters. The molecule has 8 nitrogen and oxygen atoms in total. The van der Waals surface area contributed by atoms with Crippen molar-refractivity contribution in [2.45, 2.75) is 25.2 Å². The van der Waals surface area contributed by atoms with Gasteiger partial charge in [-0.2, -0.15) is 0 Å². The zero-order valence-electron chi connectivity index (χ0n) is 18.0. The molecular weight excluding hydrogens is 496 g/mol. The van der Waals surface area contributed by atoms with Crippen LogP contribution in [0.4, 0.5) is 5.69 Å². The average molecular weight is 518 g/mol. The summed E-state index contributed by atoms with van der Waals surface area (Å²) >= 11 is 4.90. The number of halogens is 1. The van der Waals surface area contributed by atoms with E-state index in [4.69, 9.17) is 14.6 Å². The van der Waals surface area contributed by atoms with Crippen LogP contribution < -0.4 is 24.6 Å². The maximum atomic E-state index is 13.2. The van der Waals surface area contributed by atoms with E-state index in [1.165, 1.54) is 18.7 Å². The molecule has 0 aliphatic carbocycles. The number of anilines is 1. The summed E-state index contributed by atoms with van der Waals surface area (Å²) in [4.78, 5) is 30.7.